The van der Waals surface area contributed by atoms with Crippen LogP contribution in [0.2, 0.25) is 0 Å². The van der Waals surface area contributed by atoms with Gasteiger partial charge in [-0.05, 0) is 32.4 Å². The molecule has 3 nitrogen and oxygen atoms in total. The number of nitrogens with one attached hydrogen (secondary N) is 1. The van der Waals surface area contributed by atoms with E-state index < -0.39 is 0 Å². The second-order valence-electron chi connectivity index (χ2n) is 2.71. The predicted molar refractivity (Wildman–Crippen MR) is 48.8 cm³/mol. The van der Waals surface area contributed by atoms with Crippen LogP contribution in [0.1, 0.15) is 25.7 Å². The van der Waals surface area contributed by atoms with E-state index in [9.17, 15) is 0 Å². The highest BCUT2D eigenvalue weighted by Gasteiger charge is 1.88. The zero-order valence-corrected chi connectivity index (χ0v) is 7.81. The topological polar surface area (TPSA) is 45.0 Å². The molecule has 0 aromatic carbocycles. The predicted octanol–water partition coefficient (Wildman–Crippen LogP) is 1.31. The average Bonchev–Trinajstić information content (AvgIpc) is 2.10. The zero-order chi connectivity index (χ0) is 9.07. The van der Waals surface area contributed by atoms with E-state index in [0.29, 0.717) is 6.42 Å². The summed E-state index contributed by atoms with van der Waals surface area (Å²) in [7, 11) is 1.72. The minimum Gasteiger partial charge on any atom is -0.385 e. The van der Waals surface area contributed by atoms with Gasteiger partial charge >= 0.3 is 0 Å². The van der Waals surface area contributed by atoms with Crippen LogP contribution in [0.4, 0.5) is 0 Å². The summed E-state index contributed by atoms with van der Waals surface area (Å²) >= 11 is 0. The molecular weight excluding hydrogens is 152 g/mol. The molecule has 0 rings (SSSR count). The summed E-state index contributed by atoms with van der Waals surface area (Å²) in [6, 6.07) is 2.12. The Balaban J connectivity index is 2.78. The Morgan fingerprint density at radius 1 is 1.25 bits per heavy atom. The maximum absolute atomic E-state index is 8.24. The fourth-order valence-electron chi connectivity index (χ4n) is 0.914. The van der Waals surface area contributed by atoms with Crippen molar-refractivity contribution in [2.75, 3.05) is 26.8 Å². The van der Waals surface area contributed by atoms with E-state index in [0.717, 1.165) is 39.0 Å². The molecule has 3 heteroatoms. The quantitative estimate of drug-likeness (QED) is 0.558. The number of nitrogens with zero attached hydrogens (tertiary/aromatic N) is 1. The maximum Gasteiger partial charge on any atom is 0.0622 e. The SMILES string of the molecule is COCCCCNCCCC#N. The van der Waals surface area contributed by atoms with E-state index in [4.69, 9.17) is 10.00 Å². The van der Waals surface area contributed by atoms with Crippen LogP contribution in [0.5, 0.6) is 0 Å². The van der Waals surface area contributed by atoms with Crippen LogP contribution in [0.15, 0.2) is 0 Å². The molecule has 0 aliphatic rings. The first kappa shape index (κ1) is 11.4. The summed E-state index contributed by atoms with van der Waals surface area (Å²) in [6.45, 7) is 2.84. The van der Waals surface area contributed by atoms with E-state index in [1.54, 1.807) is 7.11 Å². The number of hydrogen-bond donors (Lipinski definition) is 1. The van der Waals surface area contributed by atoms with Gasteiger partial charge < -0.3 is 10.1 Å². The van der Waals surface area contributed by atoms with Crippen LogP contribution >= 0.6 is 0 Å². The summed E-state index contributed by atoms with van der Waals surface area (Å²) in [5.74, 6) is 0. The summed E-state index contributed by atoms with van der Waals surface area (Å²) in [6.07, 6.45) is 3.88. The highest BCUT2D eigenvalue weighted by Crippen LogP contribution is 1.88. The molecule has 0 aliphatic heterocycles. The van der Waals surface area contributed by atoms with Gasteiger partial charge in [-0.3, -0.25) is 0 Å². The molecule has 0 spiro atoms. The molecular formula is C9H18N2O. The molecule has 0 saturated heterocycles. The van der Waals surface area contributed by atoms with Gasteiger partial charge in [0.1, 0.15) is 0 Å². The van der Waals surface area contributed by atoms with Gasteiger partial charge in [0.25, 0.3) is 0 Å². The Bertz CT molecular complexity index is 120. The molecule has 0 amide bonds. The van der Waals surface area contributed by atoms with Crippen molar-refractivity contribution in [3.05, 3.63) is 0 Å². The van der Waals surface area contributed by atoms with Gasteiger partial charge in [0, 0.05) is 20.1 Å². The number of rotatable bonds is 8. The third-order valence-corrected chi connectivity index (χ3v) is 1.59. The summed E-state index contributed by atoms with van der Waals surface area (Å²) in [5.41, 5.74) is 0. The molecule has 0 aromatic heterocycles. The lowest BCUT2D eigenvalue weighted by atomic mass is 10.3. The van der Waals surface area contributed by atoms with Gasteiger partial charge in [0.05, 0.1) is 6.07 Å². The Morgan fingerprint density at radius 3 is 2.67 bits per heavy atom. The molecule has 0 unspecified atom stereocenters. The zero-order valence-electron chi connectivity index (χ0n) is 7.81. The van der Waals surface area contributed by atoms with Crippen LogP contribution in [0.25, 0.3) is 0 Å². The van der Waals surface area contributed by atoms with E-state index in [2.05, 4.69) is 11.4 Å². The monoisotopic (exact) mass is 170 g/mol. The molecule has 0 fully saturated rings. The lowest BCUT2D eigenvalue weighted by molar-refractivity contribution is 0.192. The largest absolute Gasteiger partial charge is 0.385 e. The molecule has 0 heterocycles. The third-order valence-electron chi connectivity index (χ3n) is 1.59. The van der Waals surface area contributed by atoms with Gasteiger partial charge in [0.2, 0.25) is 0 Å². The Hall–Kier alpha value is -0.590. The van der Waals surface area contributed by atoms with Gasteiger partial charge in [-0.25, -0.2) is 0 Å². The minimum absolute atomic E-state index is 0.658. The highest BCUT2D eigenvalue weighted by atomic mass is 16.5. The van der Waals surface area contributed by atoms with Crippen molar-refractivity contribution in [3.8, 4) is 6.07 Å². The second kappa shape index (κ2) is 10.4. The van der Waals surface area contributed by atoms with E-state index in [1.807, 2.05) is 0 Å². The lowest BCUT2D eigenvalue weighted by Crippen LogP contribution is -2.16. The first-order chi connectivity index (χ1) is 5.91. The summed E-state index contributed by atoms with van der Waals surface area (Å²) < 4.78 is 4.92. The molecule has 0 aliphatic carbocycles. The first-order valence-electron chi connectivity index (χ1n) is 4.48. The van der Waals surface area contributed by atoms with Crippen LogP contribution in [0.3, 0.4) is 0 Å². The van der Waals surface area contributed by atoms with Crippen molar-refractivity contribution in [2.24, 2.45) is 0 Å². The van der Waals surface area contributed by atoms with E-state index >= 15 is 0 Å². The fourth-order valence-corrected chi connectivity index (χ4v) is 0.914. The van der Waals surface area contributed by atoms with Gasteiger partial charge in [-0.2, -0.15) is 5.26 Å². The first-order valence-corrected chi connectivity index (χ1v) is 4.48. The van der Waals surface area contributed by atoms with E-state index in [1.165, 1.54) is 0 Å². The van der Waals surface area contributed by atoms with Crippen molar-refractivity contribution in [3.63, 3.8) is 0 Å². The maximum atomic E-state index is 8.24. The minimum atomic E-state index is 0.658. The Morgan fingerprint density at radius 2 is 2.00 bits per heavy atom. The van der Waals surface area contributed by atoms with Crippen molar-refractivity contribution >= 4 is 0 Å². The standard InChI is InChI=1S/C9H18N2O/c1-12-9-5-4-8-11-7-3-2-6-10/h11H,2-5,7-9H2,1H3. The Labute approximate surface area is 74.7 Å². The van der Waals surface area contributed by atoms with Crippen molar-refractivity contribution in [1.29, 1.82) is 5.26 Å². The fraction of sp³-hybridized carbons (Fsp3) is 0.889. The highest BCUT2D eigenvalue weighted by molar-refractivity contribution is 4.68. The smallest absolute Gasteiger partial charge is 0.0622 e. The average molecular weight is 170 g/mol. The molecule has 1 N–H and O–H groups in total. The van der Waals surface area contributed by atoms with E-state index in [-0.39, 0.29) is 0 Å². The number of unbranched alkanes of at least 4 members (excludes halogenated alkanes) is 2. The number of ether oxygens (including phenoxy) is 1. The van der Waals surface area contributed by atoms with Crippen LogP contribution < -0.4 is 5.32 Å². The van der Waals surface area contributed by atoms with Crippen LogP contribution in [0, 0.1) is 11.3 Å². The van der Waals surface area contributed by atoms with Crippen molar-refractivity contribution in [1.82, 2.24) is 5.32 Å². The molecule has 12 heavy (non-hydrogen) atoms. The number of nitriles is 1. The van der Waals surface area contributed by atoms with Crippen molar-refractivity contribution < 1.29 is 4.74 Å². The molecule has 0 saturated carbocycles. The van der Waals surface area contributed by atoms with Gasteiger partial charge in [0.15, 0.2) is 0 Å². The molecule has 70 valence electrons. The number of methoxy groups -OCH3 is 1. The third kappa shape index (κ3) is 9.41. The molecule has 0 bridgehead atoms. The van der Waals surface area contributed by atoms with Crippen LogP contribution in [-0.4, -0.2) is 26.8 Å². The molecule has 0 atom stereocenters. The van der Waals surface area contributed by atoms with Gasteiger partial charge in [-0.1, -0.05) is 0 Å². The van der Waals surface area contributed by atoms with Crippen molar-refractivity contribution in [2.45, 2.75) is 25.7 Å². The number of hydrogen-bond acceptors (Lipinski definition) is 3. The normalized spacial score (nSPS) is 9.67. The summed E-state index contributed by atoms with van der Waals surface area (Å²) in [5, 5.41) is 11.5. The lowest BCUT2D eigenvalue weighted by Gasteiger charge is -2.01. The molecule has 0 aromatic rings. The van der Waals surface area contributed by atoms with Crippen LogP contribution in [-0.2, 0) is 4.74 Å². The second-order valence-corrected chi connectivity index (χ2v) is 2.71. The Kier molecular flexibility index (Phi) is 9.90. The summed E-state index contributed by atoms with van der Waals surface area (Å²) in [4.78, 5) is 0. The van der Waals surface area contributed by atoms with Gasteiger partial charge in [-0.15, -0.1) is 0 Å². The molecule has 0 radical (unpaired) electrons.